The molecule has 10 nitrogen and oxygen atoms in total. The number of hydrogen-bond acceptors (Lipinski definition) is 7. The summed E-state index contributed by atoms with van der Waals surface area (Å²) in [6.45, 7) is 2.78. The molecule has 0 saturated carbocycles. The van der Waals surface area contributed by atoms with E-state index in [1.54, 1.807) is 6.07 Å². The molecule has 12 heteroatoms. The molecule has 1 aromatic carbocycles. The van der Waals surface area contributed by atoms with E-state index in [0.717, 1.165) is 0 Å². The second kappa shape index (κ2) is 7.07. The number of carbonyl (C=O) groups is 2. The van der Waals surface area contributed by atoms with Gasteiger partial charge in [-0.3, -0.25) is 10.1 Å². The van der Waals surface area contributed by atoms with E-state index in [9.17, 15) is 18.0 Å². The van der Waals surface area contributed by atoms with Crippen molar-refractivity contribution in [2.75, 3.05) is 0 Å². The lowest BCUT2D eigenvalue weighted by Crippen LogP contribution is -2.53. The Kier molecular flexibility index (Phi) is 5.28. The fraction of sp³-hybridized carbons (Fsp3) is 0.231. The summed E-state index contributed by atoms with van der Waals surface area (Å²) in [5.41, 5.74) is 0. The van der Waals surface area contributed by atoms with E-state index in [1.165, 1.54) is 38.4 Å². The molecule has 0 saturated heterocycles. The second-order valence-corrected chi connectivity index (χ2v) is 7.11. The van der Waals surface area contributed by atoms with Crippen LogP contribution in [0.15, 0.2) is 39.1 Å². The zero-order valence-corrected chi connectivity index (χ0v) is 14.8. The first-order valence-corrected chi connectivity index (χ1v) is 8.74. The van der Waals surface area contributed by atoms with Crippen molar-refractivity contribution in [3.8, 4) is 0 Å². The number of benzene rings is 1. The average molecular weight is 387 g/mol. The maximum Gasteiger partial charge on any atom is 0.335 e. The summed E-state index contributed by atoms with van der Waals surface area (Å²) in [4.78, 5) is 30.8. The first-order valence-electron chi connectivity index (χ1n) is 6.88. The summed E-state index contributed by atoms with van der Waals surface area (Å²) in [5.74, 6) is -1.80. The Hall–Kier alpha value is -2.66. The van der Waals surface area contributed by atoms with E-state index in [0.29, 0.717) is 0 Å². The van der Waals surface area contributed by atoms with Crippen LogP contribution in [0.25, 0.3) is 0 Å². The molecule has 0 radical (unpaired) electrons. The number of hydrogen-bond donors (Lipinski definition) is 4. The molecule has 1 aromatic rings. The van der Waals surface area contributed by atoms with Crippen LogP contribution in [0.3, 0.4) is 0 Å². The fourth-order valence-corrected chi connectivity index (χ4v) is 3.36. The van der Waals surface area contributed by atoms with Crippen LogP contribution in [0.5, 0.6) is 0 Å². The van der Waals surface area contributed by atoms with Gasteiger partial charge in [-0.2, -0.15) is 0 Å². The molecule has 4 N–H and O–H groups in total. The maximum absolute atomic E-state index is 12.2. The molecule has 1 aliphatic rings. The Labute approximate surface area is 148 Å². The summed E-state index contributed by atoms with van der Waals surface area (Å²) >= 11 is 5.83. The van der Waals surface area contributed by atoms with Crippen molar-refractivity contribution in [1.82, 2.24) is 20.7 Å². The third kappa shape index (κ3) is 4.90. The predicted molar refractivity (Wildman–Crippen MR) is 91.6 cm³/mol. The van der Waals surface area contributed by atoms with E-state index < -0.39 is 21.8 Å². The molecule has 25 heavy (non-hydrogen) atoms. The zero-order chi connectivity index (χ0) is 18.7. The van der Waals surface area contributed by atoms with Gasteiger partial charge in [0.2, 0.25) is 17.7 Å². The molecule has 1 unspecified atom stereocenters. The monoisotopic (exact) mass is 386 g/mol. The summed E-state index contributed by atoms with van der Waals surface area (Å²) < 4.78 is 26.2. The highest BCUT2D eigenvalue weighted by molar-refractivity contribution is 7.90. The number of rotatable bonds is 3. The van der Waals surface area contributed by atoms with Gasteiger partial charge in [-0.25, -0.2) is 27.9 Å². The van der Waals surface area contributed by atoms with Gasteiger partial charge in [-0.05, 0) is 12.1 Å². The Bertz CT molecular complexity index is 869. The molecule has 1 atom stereocenters. The van der Waals surface area contributed by atoms with Gasteiger partial charge >= 0.3 is 6.03 Å². The zero-order valence-electron chi connectivity index (χ0n) is 13.2. The van der Waals surface area contributed by atoms with Gasteiger partial charge in [0.05, 0.1) is 11.4 Å². The molecule has 1 aliphatic heterocycles. The summed E-state index contributed by atoms with van der Waals surface area (Å²) in [7, 11) is -4.17. The lowest BCUT2D eigenvalue weighted by atomic mass is 10.4. The van der Waals surface area contributed by atoms with E-state index >= 15 is 0 Å². The van der Waals surface area contributed by atoms with E-state index in [2.05, 4.69) is 25.9 Å². The Morgan fingerprint density at radius 3 is 2.60 bits per heavy atom. The van der Waals surface area contributed by atoms with Gasteiger partial charge in [-0.1, -0.05) is 23.7 Å². The van der Waals surface area contributed by atoms with E-state index in [1.807, 2.05) is 4.72 Å². The predicted octanol–water partition coefficient (Wildman–Crippen LogP) is 0.125. The highest BCUT2D eigenvalue weighted by Gasteiger charge is 2.27. The molecule has 0 spiro atoms. The molecule has 3 amide bonds. The fourth-order valence-electron chi connectivity index (χ4n) is 1.93. The number of aliphatic imine (C=N–C) groups is 2. The van der Waals surface area contributed by atoms with Crippen molar-refractivity contribution in [1.29, 1.82) is 0 Å². The minimum Gasteiger partial charge on any atom is -0.317 e. The SMILES string of the molecule is CC(=O)NC1(C)N=CNC(NC(=O)NS(=O)(=O)c2ccccc2Cl)=N1. The first-order chi connectivity index (χ1) is 11.6. The standard InChI is InChI=1S/C13H15ClN6O4S/c1-8(21)18-13(2)16-7-15-11(19-13)17-12(22)20-25(23,24)10-6-4-3-5-9(10)14/h3-7H,1-2H3,(H,18,21)(H3,15,16,17,19,20,22). The quantitative estimate of drug-likeness (QED) is 0.584. The van der Waals surface area contributed by atoms with Gasteiger partial charge < -0.3 is 10.6 Å². The number of amides is 3. The van der Waals surface area contributed by atoms with Crippen molar-refractivity contribution in [3.05, 3.63) is 29.3 Å². The molecule has 1 heterocycles. The van der Waals surface area contributed by atoms with E-state index in [-0.39, 0.29) is 21.8 Å². The largest absolute Gasteiger partial charge is 0.335 e. The lowest BCUT2D eigenvalue weighted by molar-refractivity contribution is -0.120. The molecule has 0 bridgehead atoms. The Morgan fingerprint density at radius 2 is 1.96 bits per heavy atom. The number of guanidine groups is 1. The minimum atomic E-state index is -4.17. The summed E-state index contributed by atoms with van der Waals surface area (Å²) in [5, 5.41) is 7.19. The molecule has 2 rings (SSSR count). The third-order valence-corrected chi connectivity index (χ3v) is 4.68. The van der Waals surface area contributed by atoms with E-state index in [4.69, 9.17) is 11.6 Å². The van der Waals surface area contributed by atoms with Gasteiger partial charge in [-0.15, -0.1) is 0 Å². The molecule has 134 valence electrons. The van der Waals surface area contributed by atoms with Gasteiger partial charge in [0.25, 0.3) is 10.0 Å². The summed E-state index contributed by atoms with van der Waals surface area (Å²) in [6.07, 6.45) is 1.21. The van der Waals surface area contributed by atoms with Crippen LogP contribution >= 0.6 is 11.6 Å². The molecule has 0 aliphatic carbocycles. The Morgan fingerprint density at radius 1 is 1.28 bits per heavy atom. The second-order valence-electron chi connectivity index (χ2n) is 5.05. The van der Waals surface area contributed by atoms with Gasteiger partial charge in [0.1, 0.15) is 4.90 Å². The first kappa shape index (κ1) is 18.7. The van der Waals surface area contributed by atoms with Crippen LogP contribution in [-0.2, 0) is 14.8 Å². The third-order valence-electron chi connectivity index (χ3n) is 2.84. The molecular weight excluding hydrogens is 372 g/mol. The number of nitrogens with zero attached hydrogens (tertiary/aromatic N) is 2. The maximum atomic E-state index is 12.2. The van der Waals surface area contributed by atoms with Gasteiger partial charge in [0.15, 0.2) is 0 Å². The topological polar surface area (TPSA) is 141 Å². The molecule has 0 aromatic heterocycles. The number of urea groups is 1. The number of sulfonamides is 1. The Balaban J connectivity index is 2.10. The van der Waals surface area contributed by atoms with Gasteiger partial charge in [0, 0.05) is 13.8 Å². The van der Waals surface area contributed by atoms with Crippen molar-refractivity contribution in [2.45, 2.75) is 24.5 Å². The number of halogens is 1. The van der Waals surface area contributed by atoms with Crippen LogP contribution in [0.2, 0.25) is 5.02 Å². The highest BCUT2D eigenvalue weighted by Crippen LogP contribution is 2.19. The lowest BCUT2D eigenvalue weighted by Gasteiger charge is -2.25. The minimum absolute atomic E-state index is 0.0266. The smallest absolute Gasteiger partial charge is 0.317 e. The van der Waals surface area contributed by atoms with Crippen molar-refractivity contribution in [3.63, 3.8) is 0 Å². The van der Waals surface area contributed by atoms with Crippen LogP contribution in [-0.4, -0.2) is 38.4 Å². The molecule has 0 fully saturated rings. The van der Waals surface area contributed by atoms with Crippen LogP contribution in [0.1, 0.15) is 13.8 Å². The van der Waals surface area contributed by atoms with Crippen LogP contribution in [0, 0.1) is 0 Å². The highest BCUT2D eigenvalue weighted by atomic mass is 35.5. The normalized spacial score (nSPS) is 19.4. The van der Waals surface area contributed by atoms with Crippen molar-refractivity contribution in [2.24, 2.45) is 9.98 Å². The van der Waals surface area contributed by atoms with Crippen LogP contribution < -0.4 is 20.7 Å². The van der Waals surface area contributed by atoms with Crippen molar-refractivity contribution < 1.29 is 18.0 Å². The van der Waals surface area contributed by atoms with Crippen LogP contribution in [0.4, 0.5) is 4.79 Å². The summed E-state index contributed by atoms with van der Waals surface area (Å²) in [6, 6.07) is 4.61. The average Bonchev–Trinajstić information content (AvgIpc) is 2.45. The van der Waals surface area contributed by atoms with Crippen molar-refractivity contribution >= 4 is 45.9 Å². The number of nitrogens with one attached hydrogen (secondary N) is 4. The molecular formula is C13H15ClN6O4S. The number of carbonyl (C=O) groups excluding carboxylic acids is 2.